The molecule has 0 radical (unpaired) electrons. The van der Waals surface area contributed by atoms with Gasteiger partial charge in [-0.25, -0.2) is 0 Å². The minimum atomic E-state index is -0.303. The summed E-state index contributed by atoms with van der Waals surface area (Å²) in [5.74, 6) is -0.0546. The molecular weight excluding hydrogens is 216 g/mol. The third-order valence-corrected chi connectivity index (χ3v) is 3.23. The number of carbonyl (C=O) groups is 2. The zero-order chi connectivity index (χ0) is 12.7. The first-order valence-electron chi connectivity index (χ1n) is 6.75. The normalized spacial score (nSPS) is 22.8. The SMILES string of the molecule is CCCCCCCCC(=O)N[C@@H]1C(=O)N[C@H]1C. The van der Waals surface area contributed by atoms with Crippen LogP contribution in [-0.2, 0) is 9.59 Å². The van der Waals surface area contributed by atoms with Gasteiger partial charge in [-0.05, 0) is 13.3 Å². The fraction of sp³-hybridized carbons (Fsp3) is 0.846. The molecule has 4 nitrogen and oxygen atoms in total. The molecule has 0 saturated carbocycles. The van der Waals surface area contributed by atoms with E-state index in [0.717, 1.165) is 12.8 Å². The number of hydrogen-bond acceptors (Lipinski definition) is 2. The van der Waals surface area contributed by atoms with Gasteiger partial charge >= 0.3 is 0 Å². The van der Waals surface area contributed by atoms with Gasteiger partial charge in [-0.2, -0.15) is 0 Å². The molecule has 17 heavy (non-hydrogen) atoms. The van der Waals surface area contributed by atoms with Gasteiger partial charge in [-0.3, -0.25) is 9.59 Å². The van der Waals surface area contributed by atoms with Crippen LogP contribution in [0.25, 0.3) is 0 Å². The summed E-state index contributed by atoms with van der Waals surface area (Å²) in [6.07, 6.45) is 7.59. The highest BCUT2D eigenvalue weighted by Crippen LogP contribution is 2.08. The first kappa shape index (κ1) is 14.0. The summed E-state index contributed by atoms with van der Waals surface area (Å²) in [6.45, 7) is 4.09. The Bertz CT molecular complexity index is 266. The quantitative estimate of drug-likeness (QED) is 0.501. The van der Waals surface area contributed by atoms with Crippen LogP contribution in [-0.4, -0.2) is 23.9 Å². The van der Waals surface area contributed by atoms with Crippen molar-refractivity contribution < 1.29 is 9.59 Å². The third kappa shape index (κ3) is 4.75. The van der Waals surface area contributed by atoms with E-state index in [0.29, 0.717) is 6.42 Å². The number of rotatable bonds is 8. The van der Waals surface area contributed by atoms with Crippen LogP contribution in [0.4, 0.5) is 0 Å². The Morgan fingerprint density at radius 3 is 2.47 bits per heavy atom. The molecular formula is C13H24N2O2. The molecule has 2 N–H and O–H groups in total. The molecule has 0 aromatic rings. The molecule has 4 heteroatoms. The average molecular weight is 240 g/mol. The molecule has 0 aliphatic carbocycles. The zero-order valence-electron chi connectivity index (χ0n) is 10.9. The minimum Gasteiger partial charge on any atom is -0.349 e. The predicted molar refractivity (Wildman–Crippen MR) is 67.5 cm³/mol. The summed E-state index contributed by atoms with van der Waals surface area (Å²) >= 11 is 0. The summed E-state index contributed by atoms with van der Waals surface area (Å²) in [6, 6.07) is -0.224. The maximum atomic E-state index is 11.5. The van der Waals surface area contributed by atoms with Crippen LogP contribution >= 0.6 is 0 Å². The van der Waals surface area contributed by atoms with Crippen molar-refractivity contribution in [2.45, 2.75) is 70.9 Å². The van der Waals surface area contributed by atoms with Crippen LogP contribution in [0.1, 0.15) is 58.8 Å². The summed E-state index contributed by atoms with van der Waals surface area (Å²) in [5, 5.41) is 5.46. The van der Waals surface area contributed by atoms with Crippen molar-refractivity contribution >= 4 is 11.8 Å². The van der Waals surface area contributed by atoms with E-state index in [-0.39, 0.29) is 23.9 Å². The van der Waals surface area contributed by atoms with Gasteiger partial charge in [0.1, 0.15) is 6.04 Å². The summed E-state index contributed by atoms with van der Waals surface area (Å²) in [7, 11) is 0. The highest BCUT2D eigenvalue weighted by atomic mass is 16.2. The molecule has 0 aromatic carbocycles. The van der Waals surface area contributed by atoms with Crippen LogP contribution in [0.5, 0.6) is 0 Å². The number of unbranched alkanes of at least 4 members (excludes halogenated alkanes) is 5. The average Bonchev–Trinajstić information content (AvgIpc) is 2.31. The Kier molecular flexibility index (Phi) is 6.01. The van der Waals surface area contributed by atoms with E-state index >= 15 is 0 Å². The van der Waals surface area contributed by atoms with E-state index in [1.807, 2.05) is 6.92 Å². The van der Waals surface area contributed by atoms with Crippen molar-refractivity contribution in [1.29, 1.82) is 0 Å². The largest absolute Gasteiger partial charge is 0.349 e. The lowest BCUT2D eigenvalue weighted by atomic mass is 10.0. The number of nitrogens with one attached hydrogen (secondary N) is 2. The van der Waals surface area contributed by atoms with E-state index < -0.39 is 0 Å². The number of amides is 2. The standard InChI is InChI=1S/C13H24N2O2/c1-3-4-5-6-7-8-9-11(16)15-12-10(2)14-13(12)17/h10,12H,3-9H2,1-2H3,(H,14,17)(H,15,16)/t10-,12-/m0/s1. The Hall–Kier alpha value is -1.06. The van der Waals surface area contributed by atoms with Crippen molar-refractivity contribution in [2.24, 2.45) is 0 Å². The van der Waals surface area contributed by atoms with E-state index in [1.165, 1.54) is 25.7 Å². The molecule has 2 atom stereocenters. The monoisotopic (exact) mass is 240 g/mol. The molecule has 2 amide bonds. The smallest absolute Gasteiger partial charge is 0.245 e. The van der Waals surface area contributed by atoms with Crippen LogP contribution in [0, 0.1) is 0 Å². The lowest BCUT2D eigenvalue weighted by Gasteiger charge is -2.34. The lowest BCUT2D eigenvalue weighted by Crippen LogP contribution is -2.67. The van der Waals surface area contributed by atoms with Crippen molar-refractivity contribution in [1.82, 2.24) is 10.6 Å². The Morgan fingerprint density at radius 2 is 1.88 bits per heavy atom. The first-order chi connectivity index (χ1) is 8.15. The van der Waals surface area contributed by atoms with Gasteiger partial charge in [0.2, 0.25) is 11.8 Å². The Balaban J connectivity index is 2.00. The Labute approximate surface area is 104 Å². The van der Waals surface area contributed by atoms with E-state index in [1.54, 1.807) is 0 Å². The van der Waals surface area contributed by atoms with Gasteiger partial charge in [0.25, 0.3) is 0 Å². The Morgan fingerprint density at radius 1 is 1.24 bits per heavy atom. The van der Waals surface area contributed by atoms with Gasteiger partial charge in [0.15, 0.2) is 0 Å². The van der Waals surface area contributed by atoms with Crippen LogP contribution in [0.15, 0.2) is 0 Å². The third-order valence-electron chi connectivity index (χ3n) is 3.23. The van der Waals surface area contributed by atoms with Gasteiger partial charge in [-0.15, -0.1) is 0 Å². The molecule has 1 fully saturated rings. The summed E-state index contributed by atoms with van der Waals surface area (Å²) < 4.78 is 0. The molecule has 0 aromatic heterocycles. The molecule has 0 bridgehead atoms. The van der Waals surface area contributed by atoms with Gasteiger partial charge in [0, 0.05) is 6.42 Å². The maximum Gasteiger partial charge on any atom is 0.245 e. The number of carbonyl (C=O) groups excluding carboxylic acids is 2. The fourth-order valence-electron chi connectivity index (χ4n) is 2.03. The van der Waals surface area contributed by atoms with E-state index in [2.05, 4.69) is 17.6 Å². The molecule has 1 aliphatic heterocycles. The summed E-state index contributed by atoms with van der Waals surface area (Å²) in [4.78, 5) is 22.6. The second-order valence-electron chi connectivity index (χ2n) is 4.86. The highest BCUT2D eigenvalue weighted by molar-refractivity contribution is 5.93. The van der Waals surface area contributed by atoms with Gasteiger partial charge < -0.3 is 10.6 Å². The van der Waals surface area contributed by atoms with Crippen LogP contribution in [0.3, 0.4) is 0 Å². The molecule has 1 aliphatic rings. The molecule has 1 heterocycles. The predicted octanol–water partition coefficient (Wildman–Crippen LogP) is 1.74. The van der Waals surface area contributed by atoms with Gasteiger partial charge in [-0.1, -0.05) is 39.0 Å². The maximum absolute atomic E-state index is 11.5. The second kappa shape index (κ2) is 7.30. The van der Waals surface area contributed by atoms with Crippen molar-refractivity contribution in [3.63, 3.8) is 0 Å². The summed E-state index contributed by atoms with van der Waals surface area (Å²) in [5.41, 5.74) is 0. The second-order valence-corrected chi connectivity index (χ2v) is 4.86. The van der Waals surface area contributed by atoms with Crippen LogP contribution < -0.4 is 10.6 Å². The minimum absolute atomic E-state index is 0.00666. The lowest BCUT2D eigenvalue weighted by molar-refractivity contribution is -0.135. The zero-order valence-corrected chi connectivity index (χ0v) is 10.9. The topological polar surface area (TPSA) is 58.2 Å². The van der Waals surface area contributed by atoms with Gasteiger partial charge in [0.05, 0.1) is 6.04 Å². The van der Waals surface area contributed by atoms with E-state index in [9.17, 15) is 9.59 Å². The number of hydrogen-bond donors (Lipinski definition) is 2. The highest BCUT2D eigenvalue weighted by Gasteiger charge is 2.36. The molecule has 0 spiro atoms. The van der Waals surface area contributed by atoms with E-state index in [4.69, 9.17) is 0 Å². The van der Waals surface area contributed by atoms with Crippen LogP contribution in [0.2, 0.25) is 0 Å². The van der Waals surface area contributed by atoms with Crippen molar-refractivity contribution in [2.75, 3.05) is 0 Å². The molecule has 98 valence electrons. The van der Waals surface area contributed by atoms with Crippen molar-refractivity contribution in [3.05, 3.63) is 0 Å². The molecule has 1 saturated heterocycles. The molecule has 0 unspecified atom stereocenters. The fourth-order valence-corrected chi connectivity index (χ4v) is 2.03. The first-order valence-corrected chi connectivity index (χ1v) is 6.75. The molecule has 1 rings (SSSR count). The van der Waals surface area contributed by atoms with Crippen molar-refractivity contribution in [3.8, 4) is 0 Å². The number of β-lactam (4-membered cyclic amide) rings is 1.